The maximum atomic E-state index is 11.3. The van der Waals surface area contributed by atoms with Crippen molar-refractivity contribution in [2.24, 2.45) is 0 Å². The van der Waals surface area contributed by atoms with Crippen LogP contribution in [0.25, 0.3) is 0 Å². The van der Waals surface area contributed by atoms with Crippen molar-refractivity contribution < 1.29 is 28.8 Å². The fraction of sp³-hybridized carbons (Fsp3) is 0.696. The molecule has 3 heterocycles. The molecule has 6 heteroatoms. The van der Waals surface area contributed by atoms with E-state index in [0.29, 0.717) is 26.1 Å². The van der Waals surface area contributed by atoms with Gasteiger partial charge in [-0.2, -0.15) is 0 Å². The summed E-state index contributed by atoms with van der Waals surface area (Å²) in [5.41, 5.74) is 1.16. The number of rotatable bonds is 9. The first-order valence-electron chi connectivity index (χ1n) is 11.0. The van der Waals surface area contributed by atoms with Crippen LogP contribution in [0.4, 0.5) is 0 Å². The van der Waals surface area contributed by atoms with Crippen LogP contribution in [-0.2, 0) is 30.3 Å². The summed E-state index contributed by atoms with van der Waals surface area (Å²) >= 11 is 0. The van der Waals surface area contributed by atoms with Gasteiger partial charge in [0.2, 0.25) is 0 Å². The van der Waals surface area contributed by atoms with E-state index in [1.807, 2.05) is 30.3 Å². The lowest BCUT2D eigenvalue weighted by atomic mass is 10.0. The number of esters is 1. The Hall–Kier alpha value is -1.47. The minimum atomic E-state index is -0.465. The number of ether oxygens (including phenoxy) is 4. The monoisotopic (exact) mass is 404 g/mol. The Balaban J connectivity index is 1.12. The van der Waals surface area contributed by atoms with Gasteiger partial charge in [0, 0.05) is 13.0 Å². The first-order valence-corrected chi connectivity index (χ1v) is 11.0. The van der Waals surface area contributed by atoms with Gasteiger partial charge < -0.3 is 24.1 Å². The van der Waals surface area contributed by atoms with Gasteiger partial charge in [0.15, 0.2) is 0 Å². The van der Waals surface area contributed by atoms with E-state index >= 15 is 0 Å². The molecule has 0 bridgehead atoms. The van der Waals surface area contributed by atoms with Crippen LogP contribution >= 0.6 is 0 Å². The van der Waals surface area contributed by atoms with Crippen molar-refractivity contribution in [3.05, 3.63) is 35.9 Å². The quantitative estimate of drug-likeness (QED) is 0.503. The van der Waals surface area contributed by atoms with Crippen LogP contribution in [0, 0.1) is 0 Å². The van der Waals surface area contributed by atoms with E-state index in [0.717, 1.165) is 44.1 Å². The number of hydrogen-bond acceptors (Lipinski definition) is 6. The Bertz CT molecular complexity index is 650. The first-order chi connectivity index (χ1) is 14.2. The lowest BCUT2D eigenvalue weighted by Gasteiger charge is -2.24. The molecule has 6 atom stereocenters. The van der Waals surface area contributed by atoms with E-state index in [-0.39, 0.29) is 36.5 Å². The zero-order valence-corrected chi connectivity index (χ0v) is 16.9. The van der Waals surface area contributed by atoms with E-state index in [9.17, 15) is 9.90 Å². The van der Waals surface area contributed by atoms with E-state index in [2.05, 4.69) is 0 Å². The molecule has 0 unspecified atom stereocenters. The summed E-state index contributed by atoms with van der Waals surface area (Å²) in [6.07, 6.45) is 5.76. The minimum absolute atomic E-state index is 0.000729. The molecule has 3 saturated heterocycles. The van der Waals surface area contributed by atoms with Crippen molar-refractivity contribution in [2.75, 3.05) is 6.61 Å². The SMILES string of the molecule is O=C1CC[C@@H]([C@@H]2CC[C@H]([C@@H]3CC[C@H]([C@@H](O)CCCOCc4ccccc4)O3)O2)O1. The van der Waals surface area contributed by atoms with Crippen molar-refractivity contribution >= 4 is 5.97 Å². The van der Waals surface area contributed by atoms with Crippen molar-refractivity contribution in [1.29, 1.82) is 0 Å². The van der Waals surface area contributed by atoms with Crippen LogP contribution in [-0.4, -0.2) is 54.3 Å². The second-order valence-electron chi connectivity index (χ2n) is 8.40. The average Bonchev–Trinajstić information content (AvgIpc) is 3.48. The minimum Gasteiger partial charge on any atom is -0.460 e. The molecule has 1 N–H and O–H groups in total. The average molecular weight is 405 g/mol. The highest BCUT2D eigenvalue weighted by Crippen LogP contribution is 2.36. The largest absolute Gasteiger partial charge is 0.460 e. The molecule has 4 rings (SSSR count). The number of benzene rings is 1. The zero-order chi connectivity index (χ0) is 20.1. The maximum Gasteiger partial charge on any atom is 0.306 e. The highest BCUT2D eigenvalue weighted by molar-refractivity contribution is 5.71. The fourth-order valence-electron chi connectivity index (χ4n) is 4.64. The summed E-state index contributed by atoms with van der Waals surface area (Å²) < 4.78 is 23.3. The van der Waals surface area contributed by atoms with Crippen LogP contribution in [0.15, 0.2) is 30.3 Å². The summed E-state index contributed by atoms with van der Waals surface area (Å²) in [4.78, 5) is 11.3. The molecular formula is C23H32O6. The van der Waals surface area contributed by atoms with Crippen molar-refractivity contribution in [3.63, 3.8) is 0 Å². The van der Waals surface area contributed by atoms with Gasteiger partial charge in [-0.3, -0.25) is 4.79 Å². The van der Waals surface area contributed by atoms with E-state index in [1.54, 1.807) is 0 Å². The third kappa shape index (κ3) is 5.57. The van der Waals surface area contributed by atoms with Gasteiger partial charge in [-0.05, 0) is 50.5 Å². The smallest absolute Gasteiger partial charge is 0.306 e. The Morgan fingerprint density at radius 1 is 0.966 bits per heavy atom. The van der Waals surface area contributed by atoms with Gasteiger partial charge in [0.1, 0.15) is 6.10 Å². The van der Waals surface area contributed by atoms with Gasteiger partial charge in [0.05, 0.1) is 37.1 Å². The second-order valence-corrected chi connectivity index (χ2v) is 8.40. The molecule has 0 saturated carbocycles. The summed E-state index contributed by atoms with van der Waals surface area (Å²) in [5, 5.41) is 10.5. The lowest BCUT2D eigenvalue weighted by Crippen LogP contribution is -2.33. The van der Waals surface area contributed by atoms with Crippen LogP contribution in [0.2, 0.25) is 0 Å². The molecule has 1 aromatic carbocycles. The number of carbonyl (C=O) groups excluding carboxylic acids is 1. The van der Waals surface area contributed by atoms with Crippen LogP contribution in [0.3, 0.4) is 0 Å². The Morgan fingerprint density at radius 2 is 1.69 bits per heavy atom. The Morgan fingerprint density at radius 3 is 2.45 bits per heavy atom. The molecule has 0 aromatic heterocycles. The highest BCUT2D eigenvalue weighted by atomic mass is 16.6. The summed E-state index contributed by atoms with van der Waals surface area (Å²) in [5.74, 6) is -0.116. The molecule has 0 radical (unpaired) electrons. The third-order valence-corrected chi connectivity index (χ3v) is 6.24. The van der Waals surface area contributed by atoms with Gasteiger partial charge in [-0.1, -0.05) is 30.3 Å². The molecule has 3 fully saturated rings. The molecule has 3 aliphatic rings. The number of cyclic esters (lactones) is 1. The fourth-order valence-corrected chi connectivity index (χ4v) is 4.64. The highest BCUT2D eigenvalue weighted by Gasteiger charge is 2.43. The predicted molar refractivity (Wildman–Crippen MR) is 106 cm³/mol. The molecule has 6 nitrogen and oxygen atoms in total. The second kappa shape index (κ2) is 10.0. The predicted octanol–water partition coefficient (Wildman–Crippen LogP) is 3.15. The van der Waals surface area contributed by atoms with Crippen LogP contribution in [0.5, 0.6) is 0 Å². The van der Waals surface area contributed by atoms with E-state index < -0.39 is 6.10 Å². The number of hydrogen-bond donors (Lipinski definition) is 1. The van der Waals surface area contributed by atoms with Crippen molar-refractivity contribution in [3.8, 4) is 0 Å². The van der Waals surface area contributed by atoms with Crippen LogP contribution < -0.4 is 0 Å². The molecule has 3 aliphatic heterocycles. The van der Waals surface area contributed by atoms with Gasteiger partial charge in [-0.15, -0.1) is 0 Å². The normalized spacial score (nSPS) is 33.1. The first kappa shape index (κ1) is 20.8. The number of aliphatic hydroxyl groups excluding tert-OH is 1. The summed E-state index contributed by atoms with van der Waals surface area (Å²) in [7, 11) is 0. The molecule has 1 aromatic rings. The number of carbonyl (C=O) groups is 1. The van der Waals surface area contributed by atoms with Gasteiger partial charge in [-0.25, -0.2) is 0 Å². The molecule has 0 amide bonds. The molecule has 0 spiro atoms. The van der Waals surface area contributed by atoms with E-state index in [1.165, 1.54) is 0 Å². The van der Waals surface area contributed by atoms with Gasteiger partial charge in [0.25, 0.3) is 0 Å². The number of aliphatic hydroxyl groups is 1. The molecule has 0 aliphatic carbocycles. The standard InChI is InChI=1S/C23H32O6/c24-17(7-4-14-26-15-16-5-2-1-3-6-16)18-8-9-19(27-18)20-10-11-21(28-20)22-12-13-23(25)29-22/h1-3,5-6,17-22,24H,4,7-15H2/t17-,18+,19-,20+,21-,22-/m0/s1. The Labute approximate surface area is 172 Å². The third-order valence-electron chi connectivity index (χ3n) is 6.24. The molecule has 29 heavy (non-hydrogen) atoms. The lowest BCUT2D eigenvalue weighted by molar-refractivity contribution is -0.149. The summed E-state index contributed by atoms with van der Waals surface area (Å²) in [6, 6.07) is 10.1. The van der Waals surface area contributed by atoms with Gasteiger partial charge >= 0.3 is 5.97 Å². The molecular weight excluding hydrogens is 372 g/mol. The van der Waals surface area contributed by atoms with E-state index in [4.69, 9.17) is 18.9 Å². The zero-order valence-electron chi connectivity index (χ0n) is 16.9. The van der Waals surface area contributed by atoms with Crippen molar-refractivity contribution in [1.82, 2.24) is 0 Å². The molecule has 160 valence electrons. The van der Waals surface area contributed by atoms with Crippen molar-refractivity contribution in [2.45, 2.75) is 94.6 Å². The summed E-state index contributed by atoms with van der Waals surface area (Å²) in [6.45, 7) is 1.24. The Kier molecular flexibility index (Phi) is 7.19. The van der Waals surface area contributed by atoms with Crippen LogP contribution in [0.1, 0.15) is 56.9 Å². The maximum absolute atomic E-state index is 11.3. The topological polar surface area (TPSA) is 74.2 Å².